The van der Waals surface area contributed by atoms with Crippen LogP contribution in [0.4, 0.5) is 52.7 Å². The van der Waals surface area contributed by atoms with E-state index in [1.165, 1.54) is 18.6 Å². The number of ether oxygens (including phenoxy) is 2. The van der Waals surface area contributed by atoms with Gasteiger partial charge in [0.25, 0.3) is 24.6 Å². The second kappa shape index (κ2) is 19.4. The SMILES string of the molecule is C.C.CC1(C)OB(c2cnc(OC3(C(F)(F)F)CCC3)c(F)c2)OC1(C)C.FC(F)c1nnc2cnc(Cl)cn12.Fc1cc(-c2cn3c(C(F)F)nnc3cn2)cnc1OC1(C(F)(F)F)CCC1. The maximum atomic E-state index is 14.3. The highest BCUT2D eigenvalue weighted by Crippen LogP contribution is 2.49. The monoisotopic (exact) mass is 1000 g/mol. The molecule has 0 amide bonds. The normalized spacial score (nSPS) is 17.8. The highest BCUT2D eigenvalue weighted by molar-refractivity contribution is 6.62. The topological polar surface area (TPSA) is 149 Å². The molecule has 2 saturated carbocycles. The molecular formula is C40H42BClF12N10O4. The summed E-state index contributed by atoms with van der Waals surface area (Å²) in [5, 5.41) is 13.8. The molecule has 0 radical (unpaired) electrons. The second-order valence-corrected chi connectivity index (χ2v) is 16.6. The Morgan fingerprint density at radius 3 is 1.49 bits per heavy atom. The number of alkyl halides is 10. The van der Waals surface area contributed by atoms with Gasteiger partial charge in [-0.25, -0.2) is 41.3 Å². The lowest BCUT2D eigenvalue weighted by molar-refractivity contribution is -0.275. The van der Waals surface area contributed by atoms with Crippen LogP contribution in [0.15, 0.2) is 49.3 Å². The zero-order chi connectivity index (χ0) is 48.2. The third kappa shape index (κ3) is 10.4. The lowest BCUT2D eigenvalue weighted by atomic mass is 9.79. The Kier molecular flexibility index (Phi) is 15.3. The molecule has 9 rings (SSSR count). The molecule has 370 valence electrons. The van der Waals surface area contributed by atoms with E-state index in [-0.39, 0.29) is 73.7 Å². The van der Waals surface area contributed by atoms with E-state index in [0.717, 1.165) is 39.5 Å². The van der Waals surface area contributed by atoms with E-state index < -0.39 is 89.8 Å². The zero-order valence-electron chi connectivity index (χ0n) is 34.6. The van der Waals surface area contributed by atoms with E-state index in [4.69, 9.17) is 30.4 Å². The minimum atomic E-state index is -4.65. The Bertz CT molecular complexity index is 2700. The molecule has 0 atom stereocenters. The first-order valence-electron chi connectivity index (χ1n) is 19.6. The van der Waals surface area contributed by atoms with Gasteiger partial charge >= 0.3 is 19.5 Å². The molecule has 0 N–H and O–H groups in total. The predicted octanol–water partition coefficient (Wildman–Crippen LogP) is 10.5. The Morgan fingerprint density at radius 2 is 1.07 bits per heavy atom. The van der Waals surface area contributed by atoms with Gasteiger partial charge in [-0.05, 0) is 78.4 Å². The van der Waals surface area contributed by atoms with Gasteiger partial charge < -0.3 is 18.8 Å². The van der Waals surface area contributed by atoms with Crippen molar-refractivity contribution in [2.45, 2.75) is 129 Å². The van der Waals surface area contributed by atoms with E-state index in [9.17, 15) is 52.7 Å². The summed E-state index contributed by atoms with van der Waals surface area (Å²) < 4.78 is 182. The van der Waals surface area contributed by atoms with Crippen LogP contribution >= 0.6 is 11.6 Å². The number of halogens is 13. The van der Waals surface area contributed by atoms with Gasteiger partial charge in [0.2, 0.25) is 22.9 Å². The molecule has 0 bridgehead atoms. The van der Waals surface area contributed by atoms with Crippen LogP contribution in [0.25, 0.3) is 22.6 Å². The first-order chi connectivity index (χ1) is 30.8. The van der Waals surface area contributed by atoms with Crippen molar-refractivity contribution in [1.82, 2.24) is 49.1 Å². The van der Waals surface area contributed by atoms with Crippen molar-refractivity contribution in [2.24, 2.45) is 0 Å². The maximum absolute atomic E-state index is 14.3. The summed E-state index contributed by atoms with van der Waals surface area (Å²) in [7, 11) is -0.846. The molecule has 0 spiro atoms. The fourth-order valence-corrected chi connectivity index (χ4v) is 6.72. The highest BCUT2D eigenvalue weighted by Gasteiger charge is 2.62. The first-order valence-corrected chi connectivity index (χ1v) is 19.9. The number of hydrogen-bond acceptors (Lipinski definition) is 12. The number of nitrogens with zero attached hydrogens (tertiary/aromatic N) is 10. The van der Waals surface area contributed by atoms with E-state index in [1.807, 2.05) is 27.7 Å². The molecular weight excluding hydrogens is 959 g/mol. The quantitative estimate of drug-likeness (QED) is 0.106. The summed E-state index contributed by atoms with van der Waals surface area (Å²) >= 11 is 5.52. The predicted molar refractivity (Wildman–Crippen MR) is 220 cm³/mol. The molecule has 14 nitrogen and oxygen atoms in total. The van der Waals surface area contributed by atoms with Crippen molar-refractivity contribution in [3.63, 3.8) is 0 Å². The summed E-state index contributed by atoms with van der Waals surface area (Å²) in [6, 6.07) is 1.93. The molecule has 68 heavy (non-hydrogen) atoms. The lowest BCUT2D eigenvalue weighted by Gasteiger charge is -2.42. The minimum absolute atomic E-state index is 0. The Hall–Kier alpha value is -5.57. The number of fused-ring (bicyclic) bond motifs is 2. The summed E-state index contributed by atoms with van der Waals surface area (Å²) in [4.78, 5) is 15.0. The van der Waals surface area contributed by atoms with Crippen molar-refractivity contribution in [3.8, 4) is 23.0 Å². The summed E-state index contributed by atoms with van der Waals surface area (Å²) in [6.07, 6.45) is -7.90. The van der Waals surface area contributed by atoms with Crippen LogP contribution in [-0.2, 0) is 9.31 Å². The molecule has 6 aromatic rings. The van der Waals surface area contributed by atoms with Crippen LogP contribution in [-0.4, -0.2) is 91.0 Å². The van der Waals surface area contributed by atoms with Gasteiger partial charge in [0.05, 0.1) is 29.3 Å². The summed E-state index contributed by atoms with van der Waals surface area (Å²) in [5.74, 6) is -4.57. The lowest BCUT2D eigenvalue weighted by Crippen LogP contribution is -2.55. The van der Waals surface area contributed by atoms with Crippen LogP contribution in [0, 0.1) is 11.6 Å². The van der Waals surface area contributed by atoms with Gasteiger partial charge in [0.1, 0.15) is 5.15 Å². The average Bonchev–Trinajstić information content (AvgIpc) is 3.87. The van der Waals surface area contributed by atoms with Gasteiger partial charge in [-0.15, -0.1) is 20.4 Å². The van der Waals surface area contributed by atoms with Gasteiger partial charge in [-0.2, -0.15) is 26.3 Å². The summed E-state index contributed by atoms with van der Waals surface area (Å²) in [5.41, 5.74) is -5.29. The second-order valence-electron chi connectivity index (χ2n) is 16.2. The van der Waals surface area contributed by atoms with E-state index >= 15 is 0 Å². The standard InChI is InChI=1S/C16H20BF4NO3.C16H11F6N5O.C6H3ClF2N4.2CH4/c1-13(2)14(3,4)25-17(24-13)10-8-11(18)12(22-9-10)23-15(6-5-7-15)16(19,20)21;17-9-4-8(5-24-14(9)28-15(2-1-3-15)16(20,21)22)10-7-27-11(6-23-10)25-26-13(27)12(18)19;7-3-2-13-4(1-10-3)11-12-6(13)5(8)9;;/h8-9H,5-7H2,1-4H3;4-7,12H,1-3H2;1-2,5H;2*1H4. The molecule has 1 saturated heterocycles. The number of rotatable bonds is 8. The molecule has 0 unspecified atom stereocenters. The van der Waals surface area contributed by atoms with Crippen LogP contribution in [0.2, 0.25) is 5.15 Å². The van der Waals surface area contributed by atoms with E-state index in [0.29, 0.717) is 12.8 Å². The molecule has 2 aliphatic carbocycles. The molecule has 3 aliphatic rings. The van der Waals surface area contributed by atoms with Crippen molar-refractivity contribution < 1.29 is 71.5 Å². The molecule has 6 aromatic heterocycles. The fourth-order valence-electron chi connectivity index (χ4n) is 6.58. The maximum Gasteiger partial charge on any atom is 0.496 e. The Labute approximate surface area is 384 Å². The third-order valence-corrected chi connectivity index (χ3v) is 11.6. The van der Waals surface area contributed by atoms with Gasteiger partial charge in [0, 0.05) is 35.8 Å². The van der Waals surface area contributed by atoms with Gasteiger partial charge in [-0.1, -0.05) is 26.5 Å². The first kappa shape index (κ1) is 53.4. The number of pyridine rings is 2. The highest BCUT2D eigenvalue weighted by atomic mass is 35.5. The van der Waals surface area contributed by atoms with Crippen LogP contribution < -0.4 is 14.9 Å². The summed E-state index contributed by atoms with van der Waals surface area (Å²) in [6.45, 7) is 7.38. The molecule has 3 fully saturated rings. The minimum Gasteiger partial charge on any atom is -0.459 e. The zero-order valence-corrected chi connectivity index (χ0v) is 35.4. The van der Waals surface area contributed by atoms with Crippen molar-refractivity contribution in [3.05, 3.63) is 77.8 Å². The smallest absolute Gasteiger partial charge is 0.459 e. The molecule has 7 heterocycles. The molecule has 1 aliphatic heterocycles. The van der Waals surface area contributed by atoms with E-state index in [2.05, 4.69) is 40.3 Å². The molecule has 0 aromatic carbocycles. The number of aromatic nitrogens is 10. The Morgan fingerprint density at radius 1 is 0.632 bits per heavy atom. The third-order valence-electron chi connectivity index (χ3n) is 11.4. The van der Waals surface area contributed by atoms with Crippen LogP contribution in [0.1, 0.15) is 106 Å². The van der Waals surface area contributed by atoms with Crippen LogP contribution in [0.3, 0.4) is 0 Å². The molecule has 28 heteroatoms. The van der Waals surface area contributed by atoms with Crippen molar-refractivity contribution >= 4 is 35.5 Å². The van der Waals surface area contributed by atoms with Crippen LogP contribution in [0.5, 0.6) is 11.8 Å². The van der Waals surface area contributed by atoms with Gasteiger partial charge in [0.15, 0.2) is 22.9 Å². The number of hydrogen-bond donors (Lipinski definition) is 0. The largest absolute Gasteiger partial charge is 0.496 e. The Balaban J connectivity index is 0.000000199. The van der Waals surface area contributed by atoms with Gasteiger partial charge in [-0.3, -0.25) is 13.8 Å². The van der Waals surface area contributed by atoms with Crippen molar-refractivity contribution in [2.75, 3.05) is 0 Å². The van der Waals surface area contributed by atoms with Crippen molar-refractivity contribution in [1.29, 1.82) is 0 Å². The average molecular weight is 1000 g/mol. The van der Waals surface area contributed by atoms with E-state index in [1.54, 1.807) is 0 Å². The fraction of sp³-hybridized carbons (Fsp3) is 0.500.